The summed E-state index contributed by atoms with van der Waals surface area (Å²) >= 11 is 5.56. The van der Waals surface area contributed by atoms with E-state index in [-0.39, 0.29) is 24.5 Å². The lowest BCUT2D eigenvalue weighted by molar-refractivity contribution is -0.306. The van der Waals surface area contributed by atoms with Gasteiger partial charge in [-0.2, -0.15) is 22.0 Å². The molecule has 0 unspecified atom stereocenters. The minimum atomic E-state index is -6.26. The van der Waals surface area contributed by atoms with Crippen LogP contribution in [0.25, 0.3) is 16.7 Å². The number of hydrogen-bond acceptors (Lipinski definition) is 3. The molecule has 3 rings (SSSR count). The fraction of sp³-hybridized carbons (Fsp3) is 0.250. The van der Waals surface area contributed by atoms with E-state index in [0.29, 0.717) is 12.3 Å². The molecule has 0 spiro atoms. The van der Waals surface area contributed by atoms with Crippen molar-refractivity contribution < 1.29 is 44.3 Å². The first-order valence-corrected chi connectivity index (χ1v) is 9.56. The third-order valence-corrected chi connectivity index (χ3v) is 5.57. The molecule has 1 amide bonds. The van der Waals surface area contributed by atoms with Gasteiger partial charge in [0.2, 0.25) is 5.43 Å². The number of carbonyl (C=O) groups excluding carboxylic acids is 1. The zero-order valence-corrected chi connectivity index (χ0v) is 18.1. The first-order valence-electron chi connectivity index (χ1n) is 9.18. The molecule has 188 valence electrons. The Bertz CT molecular complexity index is 1450. The Morgan fingerprint density at radius 3 is 2.09 bits per heavy atom. The number of hydrogen-bond donors (Lipinski definition) is 1. The van der Waals surface area contributed by atoms with Gasteiger partial charge in [-0.25, -0.2) is 22.5 Å². The van der Waals surface area contributed by atoms with E-state index >= 15 is 4.39 Å². The number of fused-ring (bicyclic) bond motifs is 1. The Balaban J connectivity index is 2.54. The third-order valence-electron chi connectivity index (χ3n) is 5.31. The van der Waals surface area contributed by atoms with Gasteiger partial charge in [0.1, 0.15) is 17.1 Å². The van der Waals surface area contributed by atoms with Crippen LogP contribution in [0.1, 0.15) is 29.8 Å². The van der Waals surface area contributed by atoms with E-state index in [1.165, 1.54) is 0 Å². The number of alkyl halides is 5. The van der Waals surface area contributed by atoms with Crippen LogP contribution in [0.15, 0.2) is 23.1 Å². The lowest BCUT2D eigenvalue weighted by Gasteiger charge is -2.36. The molecule has 0 aliphatic heterocycles. The zero-order chi connectivity index (χ0) is 26.8. The van der Waals surface area contributed by atoms with Crippen LogP contribution in [0.5, 0.6) is 0 Å². The molecule has 0 fully saturated rings. The predicted molar refractivity (Wildman–Crippen MR) is 105 cm³/mol. The van der Waals surface area contributed by atoms with Gasteiger partial charge in [0.05, 0.1) is 10.8 Å². The quantitative estimate of drug-likeness (QED) is 0.373. The SMILES string of the molecule is CC(C)(c1c(F)cc(F)c(-n2cc(C(N)=O)c(=O)c3cc(F)c(Cl)nc32)c1F)C(F)(F)C(F)(F)F. The van der Waals surface area contributed by atoms with Gasteiger partial charge in [-0.05, 0) is 19.9 Å². The number of aromatic nitrogens is 2. The lowest BCUT2D eigenvalue weighted by atomic mass is 9.77. The van der Waals surface area contributed by atoms with Crippen LogP contribution in [0.4, 0.5) is 39.5 Å². The van der Waals surface area contributed by atoms with Crippen LogP contribution in [-0.4, -0.2) is 27.6 Å². The summed E-state index contributed by atoms with van der Waals surface area (Å²) in [6, 6.07) is 0.249. The molecule has 5 nitrogen and oxygen atoms in total. The number of primary amides is 1. The van der Waals surface area contributed by atoms with E-state index in [1.54, 1.807) is 0 Å². The van der Waals surface area contributed by atoms with Crippen LogP contribution in [0.3, 0.4) is 0 Å². The van der Waals surface area contributed by atoms with Crippen molar-refractivity contribution in [3.05, 3.63) is 68.1 Å². The van der Waals surface area contributed by atoms with E-state index in [9.17, 15) is 44.7 Å². The van der Waals surface area contributed by atoms with E-state index in [2.05, 4.69) is 4.98 Å². The largest absolute Gasteiger partial charge is 0.454 e. The summed E-state index contributed by atoms with van der Waals surface area (Å²) in [5.41, 5.74) is -5.08. The molecule has 0 aliphatic rings. The van der Waals surface area contributed by atoms with Gasteiger partial charge in [0, 0.05) is 17.8 Å². The molecule has 2 heterocycles. The maximum atomic E-state index is 15.5. The normalized spacial score (nSPS) is 12.9. The number of benzene rings is 1. The molecule has 2 N–H and O–H groups in total. The Labute approximate surface area is 193 Å². The number of carbonyl (C=O) groups is 1. The second-order valence-electron chi connectivity index (χ2n) is 7.81. The highest BCUT2D eigenvalue weighted by Gasteiger charge is 2.68. The Morgan fingerprint density at radius 1 is 1.00 bits per heavy atom. The summed E-state index contributed by atoms with van der Waals surface area (Å²) in [6.45, 7) is 0.346. The Hall–Kier alpha value is -3.29. The van der Waals surface area contributed by atoms with Gasteiger partial charge in [0.15, 0.2) is 28.3 Å². The second kappa shape index (κ2) is 8.14. The molecule has 0 bridgehead atoms. The van der Waals surface area contributed by atoms with Crippen molar-refractivity contribution in [1.82, 2.24) is 9.55 Å². The van der Waals surface area contributed by atoms with Crippen LogP contribution in [0, 0.1) is 23.3 Å². The highest BCUT2D eigenvalue weighted by molar-refractivity contribution is 6.29. The number of rotatable bonds is 4. The number of amides is 1. The van der Waals surface area contributed by atoms with Crippen molar-refractivity contribution in [3.63, 3.8) is 0 Å². The smallest absolute Gasteiger partial charge is 0.365 e. The van der Waals surface area contributed by atoms with Gasteiger partial charge in [-0.3, -0.25) is 14.2 Å². The van der Waals surface area contributed by atoms with Crippen molar-refractivity contribution in [1.29, 1.82) is 0 Å². The minimum Gasteiger partial charge on any atom is -0.365 e. The number of halogens is 10. The summed E-state index contributed by atoms with van der Waals surface area (Å²) in [5, 5.41) is -1.75. The monoisotopic (exact) mass is 531 g/mol. The van der Waals surface area contributed by atoms with Crippen molar-refractivity contribution in [2.45, 2.75) is 31.4 Å². The molecule has 0 radical (unpaired) electrons. The molecule has 35 heavy (non-hydrogen) atoms. The van der Waals surface area contributed by atoms with E-state index < -0.39 is 85.1 Å². The molecule has 0 atom stereocenters. The summed E-state index contributed by atoms with van der Waals surface area (Å²) in [6.07, 6.45) is -5.88. The lowest BCUT2D eigenvalue weighted by Crippen LogP contribution is -2.52. The van der Waals surface area contributed by atoms with E-state index in [4.69, 9.17) is 17.3 Å². The molecule has 0 saturated heterocycles. The molecule has 0 saturated carbocycles. The second-order valence-corrected chi connectivity index (χ2v) is 8.17. The minimum absolute atomic E-state index is 0.173. The molecular weight excluding hydrogens is 521 g/mol. The van der Waals surface area contributed by atoms with Crippen molar-refractivity contribution in [2.75, 3.05) is 0 Å². The number of nitrogens with two attached hydrogens (primary N) is 1. The third kappa shape index (κ3) is 3.89. The van der Waals surface area contributed by atoms with Gasteiger partial charge in [0.25, 0.3) is 5.91 Å². The van der Waals surface area contributed by atoms with Crippen molar-refractivity contribution in [2.24, 2.45) is 5.73 Å². The maximum absolute atomic E-state index is 15.5. The van der Waals surface area contributed by atoms with Gasteiger partial charge < -0.3 is 5.73 Å². The average Bonchev–Trinajstić information content (AvgIpc) is 2.69. The van der Waals surface area contributed by atoms with Crippen LogP contribution >= 0.6 is 11.6 Å². The van der Waals surface area contributed by atoms with Gasteiger partial charge >= 0.3 is 12.1 Å². The number of pyridine rings is 2. The van der Waals surface area contributed by atoms with Crippen LogP contribution in [-0.2, 0) is 5.41 Å². The van der Waals surface area contributed by atoms with Crippen molar-refractivity contribution in [3.8, 4) is 5.69 Å². The van der Waals surface area contributed by atoms with E-state index in [1.807, 2.05) is 0 Å². The summed E-state index contributed by atoms with van der Waals surface area (Å²) < 4.78 is 127. The Morgan fingerprint density at radius 2 is 1.57 bits per heavy atom. The van der Waals surface area contributed by atoms with Crippen LogP contribution in [0.2, 0.25) is 5.15 Å². The summed E-state index contributed by atoms with van der Waals surface area (Å²) in [5.74, 6) is -14.7. The molecule has 15 heteroatoms. The average molecular weight is 532 g/mol. The van der Waals surface area contributed by atoms with E-state index in [0.717, 1.165) is 0 Å². The predicted octanol–water partition coefficient (Wildman–Crippen LogP) is 5.17. The fourth-order valence-electron chi connectivity index (χ4n) is 3.43. The highest BCUT2D eigenvalue weighted by atomic mass is 35.5. The first-order chi connectivity index (χ1) is 15.8. The standard InChI is InChI=1S/C20H11ClF9N3O2/c1-18(2,19(26,27)20(28,29)30)11-8(22)4-9(23)13(12(11)25)33-5-7(16(31)35)14(34)6-3-10(24)15(21)32-17(6)33/h3-5H,1-2H3,(H2,31,35). The molecule has 1 aromatic carbocycles. The number of nitrogens with zero attached hydrogens (tertiary/aromatic N) is 2. The molecule has 2 aromatic heterocycles. The summed E-state index contributed by atoms with van der Waals surface area (Å²) in [4.78, 5) is 27.6. The van der Waals surface area contributed by atoms with Gasteiger partial charge in [-0.1, -0.05) is 11.6 Å². The zero-order valence-electron chi connectivity index (χ0n) is 17.3. The van der Waals surface area contributed by atoms with Crippen LogP contribution < -0.4 is 11.2 Å². The molecular formula is C20H11ClF9N3O2. The molecule has 3 aromatic rings. The maximum Gasteiger partial charge on any atom is 0.454 e. The summed E-state index contributed by atoms with van der Waals surface area (Å²) in [7, 11) is 0. The van der Waals surface area contributed by atoms with Gasteiger partial charge in [-0.15, -0.1) is 0 Å². The highest BCUT2D eigenvalue weighted by Crippen LogP contribution is 2.51. The first kappa shape index (κ1) is 26.3. The molecule has 0 aliphatic carbocycles. The topological polar surface area (TPSA) is 78.0 Å². The fourth-order valence-corrected chi connectivity index (χ4v) is 3.57. The van der Waals surface area contributed by atoms with Crippen molar-refractivity contribution >= 4 is 28.5 Å². The Kier molecular flexibility index (Phi) is 6.12.